The van der Waals surface area contributed by atoms with Crippen LogP contribution in [-0.2, 0) is 31.2 Å². The van der Waals surface area contributed by atoms with Crippen LogP contribution >= 0.6 is 0 Å². The molecule has 3 fully saturated rings. The van der Waals surface area contributed by atoms with Crippen LogP contribution in [-0.4, -0.2) is 165 Å². The van der Waals surface area contributed by atoms with Gasteiger partial charge in [0.05, 0.1) is 40.6 Å². The first-order chi connectivity index (χ1) is 39.2. The summed E-state index contributed by atoms with van der Waals surface area (Å²) in [5, 5.41) is 11.0. The molecule has 20 nitrogen and oxygen atoms in total. The molecule has 2 N–H and O–H groups in total. The number of nitrogens with zero attached hydrogens (tertiary/aromatic N) is 11. The van der Waals surface area contributed by atoms with Gasteiger partial charge in [0.2, 0.25) is 11.9 Å². The van der Waals surface area contributed by atoms with E-state index >= 15 is 0 Å². The number of piperidine rings is 2. The zero-order valence-corrected chi connectivity index (χ0v) is 50.7. The number of pyridine rings is 1. The lowest BCUT2D eigenvalue weighted by Crippen LogP contribution is -2.64. The summed E-state index contributed by atoms with van der Waals surface area (Å²) in [4.78, 5) is 62.3. The van der Waals surface area contributed by atoms with Crippen LogP contribution in [0.4, 0.5) is 32.5 Å². The highest BCUT2D eigenvalue weighted by Crippen LogP contribution is 2.44. The van der Waals surface area contributed by atoms with Gasteiger partial charge >= 0.3 is 6.09 Å². The second-order valence-electron chi connectivity index (χ2n) is 25.7. The number of amides is 2. The average Bonchev–Trinajstić information content (AvgIpc) is 3.68. The Kier molecular flexibility index (Phi) is 16.5. The third-order valence-electron chi connectivity index (χ3n) is 17.0. The van der Waals surface area contributed by atoms with E-state index in [0.717, 1.165) is 85.6 Å². The van der Waals surface area contributed by atoms with Gasteiger partial charge in [0, 0.05) is 85.7 Å². The van der Waals surface area contributed by atoms with Crippen LogP contribution in [0.3, 0.4) is 0 Å². The van der Waals surface area contributed by atoms with Crippen molar-refractivity contribution in [3.63, 3.8) is 0 Å². The number of H-pyrrole nitrogens is 1. The summed E-state index contributed by atoms with van der Waals surface area (Å²) in [5.41, 5.74) is 5.15. The smallest absolute Gasteiger partial charge is 0.410 e. The maximum atomic E-state index is 14.7. The Morgan fingerprint density at radius 3 is 2.18 bits per heavy atom. The number of likely N-dealkylation sites (tertiary alicyclic amines) is 1. The molecule has 0 saturated carbocycles. The molecule has 10 rings (SSSR count). The third-order valence-corrected chi connectivity index (χ3v) is 19.5. The van der Waals surface area contributed by atoms with Gasteiger partial charge in [-0.3, -0.25) is 19.8 Å². The Labute approximate surface area is 486 Å². The third kappa shape index (κ3) is 13.0. The molecule has 0 radical (unpaired) electrons. The maximum absolute atomic E-state index is 14.7. The lowest BCUT2D eigenvalue weighted by Gasteiger charge is -2.50. The average molecular weight is 1160 g/mol. The number of sulfone groups is 1. The first-order valence-corrected chi connectivity index (χ1v) is 30.4. The Morgan fingerprint density at radius 2 is 1.52 bits per heavy atom. The molecule has 2 aromatic carbocycles. The minimum absolute atomic E-state index is 0.00164. The quantitative estimate of drug-likeness (QED) is 0.0917. The molecule has 3 saturated heterocycles. The van der Waals surface area contributed by atoms with Crippen LogP contribution in [0.5, 0.6) is 11.5 Å². The fourth-order valence-corrected chi connectivity index (χ4v) is 13.1. The van der Waals surface area contributed by atoms with Gasteiger partial charge < -0.3 is 39.1 Å². The molecule has 4 aromatic heterocycles. The number of aryl methyl sites for hydroxylation is 1. The number of hydrogen-bond acceptors (Lipinski definition) is 17. The van der Waals surface area contributed by atoms with Crippen molar-refractivity contribution < 1.29 is 36.6 Å². The summed E-state index contributed by atoms with van der Waals surface area (Å²) in [7, 11) is -3.88. The summed E-state index contributed by atoms with van der Waals surface area (Å²) >= 11 is 0. The van der Waals surface area contributed by atoms with Crippen LogP contribution in [0, 0.1) is 25.1 Å². The number of halogens is 1. The van der Waals surface area contributed by atoms with Gasteiger partial charge in [0.15, 0.2) is 21.4 Å². The summed E-state index contributed by atoms with van der Waals surface area (Å²) < 4.78 is 58.7. The topological polar surface area (TPSA) is 217 Å². The van der Waals surface area contributed by atoms with Gasteiger partial charge in [0.25, 0.3) is 0 Å². The molecule has 2 atom stereocenters. The molecule has 22 heteroatoms. The van der Waals surface area contributed by atoms with Crippen LogP contribution in [0.2, 0.25) is 0 Å². The van der Waals surface area contributed by atoms with E-state index in [-0.39, 0.29) is 71.1 Å². The van der Waals surface area contributed by atoms with Crippen molar-refractivity contribution in [2.24, 2.45) is 5.41 Å². The molecule has 0 unspecified atom stereocenters. The van der Waals surface area contributed by atoms with Crippen LogP contribution in [0.25, 0.3) is 10.9 Å². The van der Waals surface area contributed by atoms with Crippen molar-refractivity contribution in [1.29, 1.82) is 0 Å². The maximum Gasteiger partial charge on any atom is 0.410 e. The van der Waals surface area contributed by atoms with Gasteiger partial charge in [-0.1, -0.05) is 26.0 Å². The predicted octanol–water partition coefficient (Wildman–Crippen LogP) is 8.97. The number of rotatable bonds is 15. The van der Waals surface area contributed by atoms with Crippen molar-refractivity contribution in [3.8, 4) is 11.5 Å². The fraction of sp³-hybridized carbons (Fsp3) is 0.541. The zero-order valence-electron chi connectivity index (χ0n) is 49.9. The Morgan fingerprint density at radius 1 is 0.831 bits per heavy atom. The van der Waals surface area contributed by atoms with Gasteiger partial charge in [0.1, 0.15) is 47.4 Å². The molecule has 8 heterocycles. The number of benzene rings is 2. The lowest BCUT2D eigenvalue weighted by atomic mass is 9.71. The van der Waals surface area contributed by atoms with Gasteiger partial charge in [-0.25, -0.2) is 37.5 Å². The number of ether oxygens (including phenoxy) is 3. The number of aromatic amines is 1. The molecule has 444 valence electrons. The molecule has 4 aliphatic heterocycles. The first-order valence-electron chi connectivity index (χ1n) is 28.9. The number of carbonyl (C=O) groups is 2. The first kappa shape index (κ1) is 59.1. The van der Waals surface area contributed by atoms with E-state index in [9.17, 15) is 22.4 Å². The highest BCUT2D eigenvalue weighted by Gasteiger charge is 2.44. The van der Waals surface area contributed by atoms with E-state index in [1.807, 2.05) is 57.5 Å². The van der Waals surface area contributed by atoms with E-state index in [1.165, 1.54) is 18.5 Å². The Hall–Kier alpha value is -7.04. The monoisotopic (exact) mass is 1160 g/mol. The zero-order chi connectivity index (χ0) is 59.2. The number of nitrogens with one attached hydrogen (secondary N) is 2. The molecule has 0 aliphatic carbocycles. The largest absolute Gasteiger partial charge is 0.489 e. The molecule has 0 bridgehead atoms. The van der Waals surface area contributed by atoms with Crippen molar-refractivity contribution in [1.82, 2.24) is 49.8 Å². The lowest BCUT2D eigenvalue weighted by molar-refractivity contribution is -0.121. The van der Waals surface area contributed by atoms with E-state index in [2.05, 4.69) is 60.1 Å². The minimum Gasteiger partial charge on any atom is -0.489 e. The van der Waals surface area contributed by atoms with Gasteiger partial charge in [-0.05, 0) is 148 Å². The Bertz CT molecular complexity index is 3440. The van der Waals surface area contributed by atoms with E-state index in [4.69, 9.17) is 29.2 Å². The van der Waals surface area contributed by atoms with Crippen molar-refractivity contribution in [2.75, 3.05) is 87.2 Å². The van der Waals surface area contributed by atoms with E-state index in [1.54, 1.807) is 57.4 Å². The predicted molar refractivity (Wildman–Crippen MR) is 317 cm³/mol. The number of anilines is 4. The number of piperazine rings is 1. The minimum atomic E-state index is -3.88. The second kappa shape index (κ2) is 23.2. The van der Waals surface area contributed by atoms with Crippen LogP contribution in [0.1, 0.15) is 116 Å². The van der Waals surface area contributed by atoms with E-state index in [0.29, 0.717) is 66.8 Å². The van der Waals surface area contributed by atoms with Crippen molar-refractivity contribution in [3.05, 3.63) is 101 Å². The van der Waals surface area contributed by atoms with Gasteiger partial charge in [-0.15, -0.1) is 0 Å². The van der Waals surface area contributed by atoms with Crippen molar-refractivity contribution >= 4 is 56.0 Å². The highest BCUT2D eigenvalue weighted by atomic mass is 32.2. The summed E-state index contributed by atoms with van der Waals surface area (Å²) in [6, 6.07) is 11.5. The molecular weight excluding hydrogens is 1080 g/mol. The summed E-state index contributed by atoms with van der Waals surface area (Å²) in [6.45, 7) is 26.8. The SMILES string of the molecule is Cc1[nH]nc(Nc2ncnc3cc(OCCOc4cnc(N5CCC6(CCN(C[C@H]7CN(C(=O)OC(C)(C)C)[C@@H](C)CN7CC(=O)N7CC(C)(C)c8ncc(Cc9ccc(F)cc9)cc87)CC6)CC5)nc4)c(S(=O)(=O)C(C)(C)C)cc23)c1C. The standard InChI is InChI=1S/C61H80FN13O7S/c1-39-33-73(36-52(76)75-37-60(10,11)53-49(75)27-43(30-63-53)26-42-12-14-44(62)15-13-42)45(35-74(39)57(77)82-58(4,5)6)34-71-20-16-61(17-21-71)18-22-72(23-19-61)56-64-31-46(32-65-56)80-24-25-81-50-29-48-47(28-51(50)83(78,79)59(7,8)9)55(67-38-66-48)68-54-40(2)41(3)69-70-54/h12-15,27-32,38-39,45H,16-26,33-37H2,1-11H3,(H2,66,67,68,69,70)/t39-,45-/m0/s1. The number of carbonyl (C=O) groups excluding carboxylic acids is 2. The molecule has 2 amide bonds. The van der Waals surface area contributed by atoms with Crippen LogP contribution < -0.4 is 24.6 Å². The second-order valence-corrected chi connectivity index (χ2v) is 28.4. The number of aromatic nitrogens is 7. The molecule has 4 aliphatic rings. The molecule has 1 spiro atoms. The van der Waals surface area contributed by atoms with Gasteiger partial charge in [-0.2, -0.15) is 5.10 Å². The summed E-state index contributed by atoms with van der Waals surface area (Å²) in [5.74, 6) is 1.99. The van der Waals surface area contributed by atoms with E-state index < -0.39 is 20.2 Å². The molecule has 6 aromatic rings. The Balaban J connectivity index is 0.738. The fourth-order valence-electron chi connectivity index (χ4n) is 11.8. The molecular formula is C61H80FN13O7S. The molecule has 83 heavy (non-hydrogen) atoms. The normalized spacial score (nSPS) is 19.5. The van der Waals surface area contributed by atoms with Crippen molar-refractivity contribution in [2.45, 2.75) is 141 Å². The highest BCUT2D eigenvalue weighted by molar-refractivity contribution is 7.92. The number of hydrogen-bond donors (Lipinski definition) is 2. The number of fused-ring (bicyclic) bond motifs is 2. The summed E-state index contributed by atoms with van der Waals surface area (Å²) in [6.07, 6.45) is 10.9. The van der Waals surface area contributed by atoms with Crippen LogP contribution in [0.15, 0.2) is 72.3 Å².